The molecule has 5 aromatic rings. The van der Waals surface area contributed by atoms with Crippen molar-refractivity contribution in [1.82, 2.24) is 14.8 Å². The van der Waals surface area contributed by atoms with Gasteiger partial charge in [0.15, 0.2) is 11.6 Å². The molecule has 2 aromatic heterocycles. The van der Waals surface area contributed by atoms with Crippen LogP contribution in [0.3, 0.4) is 0 Å². The number of benzene rings is 3. The van der Waals surface area contributed by atoms with Crippen LogP contribution in [0.2, 0.25) is 0 Å². The van der Waals surface area contributed by atoms with Crippen LogP contribution in [0.5, 0.6) is 11.5 Å². The van der Waals surface area contributed by atoms with Crippen LogP contribution in [-0.2, 0) is 29.0 Å². The zero-order chi connectivity index (χ0) is 30.5. The number of pyridine rings is 1. The lowest BCUT2D eigenvalue weighted by Gasteiger charge is -2.32. The number of ketones is 2. The van der Waals surface area contributed by atoms with E-state index >= 15 is 4.39 Å². The fraction of sp³-hybridized carbons (Fsp3) is 0.250. The van der Waals surface area contributed by atoms with Crippen LogP contribution in [0.1, 0.15) is 23.1 Å². The summed E-state index contributed by atoms with van der Waals surface area (Å²) in [5.41, 5.74) is 4.55. The SMILES string of the molecule is CN1CCN(Cc2ccc(-c3cc4nccc(Oc5ccc(CC(=O)CC(=O)Cc6ccccc6)cc5F)c4s3)cc2)CC1. The van der Waals surface area contributed by atoms with E-state index in [1.54, 1.807) is 29.7 Å². The molecule has 0 unspecified atom stereocenters. The summed E-state index contributed by atoms with van der Waals surface area (Å²) in [6.45, 7) is 5.32. The van der Waals surface area contributed by atoms with E-state index in [1.165, 1.54) is 17.7 Å². The van der Waals surface area contributed by atoms with Crippen LogP contribution in [0, 0.1) is 5.82 Å². The number of ether oxygens (including phenoxy) is 1. The molecule has 44 heavy (non-hydrogen) atoms. The molecule has 3 aromatic carbocycles. The minimum atomic E-state index is -0.566. The molecule has 0 aliphatic carbocycles. The summed E-state index contributed by atoms with van der Waals surface area (Å²) in [5, 5.41) is 0. The van der Waals surface area contributed by atoms with E-state index in [1.807, 2.05) is 36.4 Å². The Labute approximate surface area is 260 Å². The van der Waals surface area contributed by atoms with Gasteiger partial charge in [0, 0.05) is 62.7 Å². The van der Waals surface area contributed by atoms with Gasteiger partial charge in [-0.2, -0.15) is 0 Å². The Kier molecular flexibility index (Phi) is 9.21. The molecule has 0 atom stereocenters. The van der Waals surface area contributed by atoms with Crippen molar-refractivity contribution >= 4 is 33.1 Å². The molecule has 3 heterocycles. The number of hydrogen-bond donors (Lipinski definition) is 0. The van der Waals surface area contributed by atoms with E-state index < -0.39 is 5.82 Å². The third-order valence-corrected chi connectivity index (χ3v) is 9.06. The van der Waals surface area contributed by atoms with Gasteiger partial charge < -0.3 is 9.64 Å². The maximum Gasteiger partial charge on any atom is 0.166 e. The maximum absolute atomic E-state index is 15.1. The second-order valence-electron chi connectivity index (χ2n) is 11.4. The molecule has 1 fully saturated rings. The molecule has 1 saturated heterocycles. The topological polar surface area (TPSA) is 62.7 Å². The van der Waals surface area contributed by atoms with Crippen molar-refractivity contribution in [3.05, 3.63) is 114 Å². The number of thiophene rings is 1. The molecule has 0 radical (unpaired) electrons. The Hall–Kier alpha value is -4.24. The van der Waals surface area contributed by atoms with Gasteiger partial charge in [0.2, 0.25) is 0 Å². The van der Waals surface area contributed by atoms with Crippen LogP contribution in [0.15, 0.2) is 91.1 Å². The second kappa shape index (κ2) is 13.6. The van der Waals surface area contributed by atoms with Crippen LogP contribution in [-0.4, -0.2) is 59.6 Å². The van der Waals surface area contributed by atoms with Gasteiger partial charge in [-0.3, -0.25) is 19.5 Å². The summed E-state index contributed by atoms with van der Waals surface area (Å²) in [4.78, 5) is 35.2. The third-order valence-electron chi connectivity index (χ3n) is 7.87. The molecule has 8 heteroatoms. The average molecular weight is 608 g/mol. The molecule has 0 spiro atoms. The van der Waals surface area contributed by atoms with Gasteiger partial charge in [-0.25, -0.2) is 4.39 Å². The lowest BCUT2D eigenvalue weighted by atomic mass is 10.0. The molecule has 0 bridgehead atoms. The van der Waals surface area contributed by atoms with E-state index in [0.29, 0.717) is 11.3 Å². The molecule has 0 N–H and O–H groups in total. The molecule has 6 nitrogen and oxygen atoms in total. The Morgan fingerprint density at radius 3 is 2.25 bits per heavy atom. The zero-order valence-corrected chi connectivity index (χ0v) is 25.5. The normalized spacial score (nSPS) is 14.1. The van der Waals surface area contributed by atoms with Gasteiger partial charge in [-0.1, -0.05) is 60.7 Å². The maximum atomic E-state index is 15.1. The molecule has 0 saturated carbocycles. The number of fused-ring (bicyclic) bond motifs is 1. The zero-order valence-electron chi connectivity index (χ0n) is 24.7. The summed E-state index contributed by atoms with van der Waals surface area (Å²) in [5.74, 6) is -0.374. The van der Waals surface area contributed by atoms with E-state index in [0.717, 1.165) is 58.9 Å². The molecule has 224 valence electrons. The van der Waals surface area contributed by atoms with Gasteiger partial charge in [0.05, 0.1) is 16.6 Å². The summed E-state index contributed by atoms with van der Waals surface area (Å²) in [7, 11) is 2.17. The lowest BCUT2D eigenvalue weighted by Crippen LogP contribution is -2.43. The molecule has 6 rings (SSSR count). The third kappa shape index (κ3) is 7.45. The standard InChI is InChI=1S/C36H34FN3O3S/c1-39-15-17-40(18-16-39)24-26-7-10-28(11-8-26)35-23-32-36(44-35)34(13-14-38-32)43-33-12-9-27(21-31(33)37)20-30(42)22-29(41)19-25-5-3-2-4-6-25/h2-14,21,23H,15-20,22,24H2,1H3. The Bertz CT molecular complexity index is 1760. The van der Waals surface area contributed by atoms with Crippen LogP contribution < -0.4 is 4.74 Å². The summed E-state index contributed by atoms with van der Waals surface area (Å²) in [6, 6.07) is 26.2. The first-order chi connectivity index (χ1) is 21.4. The fourth-order valence-electron chi connectivity index (χ4n) is 5.43. The van der Waals surface area contributed by atoms with Crippen molar-refractivity contribution in [3.8, 4) is 21.9 Å². The van der Waals surface area contributed by atoms with E-state index in [2.05, 4.69) is 46.1 Å². The molecular weight excluding hydrogens is 573 g/mol. The number of piperazine rings is 1. The van der Waals surface area contributed by atoms with Crippen LogP contribution in [0.4, 0.5) is 4.39 Å². The largest absolute Gasteiger partial charge is 0.453 e. The predicted octanol–water partition coefficient (Wildman–Crippen LogP) is 6.96. The van der Waals surface area contributed by atoms with Crippen molar-refractivity contribution in [2.24, 2.45) is 0 Å². The second-order valence-corrected chi connectivity index (χ2v) is 12.4. The highest BCUT2D eigenvalue weighted by atomic mass is 32.1. The van der Waals surface area contributed by atoms with Gasteiger partial charge in [0.25, 0.3) is 0 Å². The number of carbonyl (C=O) groups excluding carboxylic acids is 2. The van der Waals surface area contributed by atoms with Gasteiger partial charge >= 0.3 is 0 Å². The lowest BCUT2D eigenvalue weighted by molar-refractivity contribution is -0.126. The summed E-state index contributed by atoms with van der Waals surface area (Å²) < 4.78 is 22.0. The van der Waals surface area contributed by atoms with Gasteiger partial charge in [-0.05, 0) is 47.5 Å². The number of hydrogen-bond acceptors (Lipinski definition) is 7. The molecule has 1 aliphatic heterocycles. The van der Waals surface area contributed by atoms with Crippen molar-refractivity contribution in [3.63, 3.8) is 0 Å². The smallest absolute Gasteiger partial charge is 0.166 e. The van der Waals surface area contributed by atoms with E-state index in [-0.39, 0.29) is 36.6 Å². The average Bonchev–Trinajstić information content (AvgIpc) is 3.46. The monoisotopic (exact) mass is 607 g/mol. The summed E-state index contributed by atoms with van der Waals surface area (Å²) in [6.07, 6.45) is 1.68. The quantitative estimate of drug-likeness (QED) is 0.151. The number of nitrogens with zero attached hydrogens (tertiary/aromatic N) is 3. The summed E-state index contributed by atoms with van der Waals surface area (Å²) >= 11 is 1.56. The highest BCUT2D eigenvalue weighted by Gasteiger charge is 2.17. The first-order valence-corrected chi connectivity index (χ1v) is 15.6. The highest BCUT2D eigenvalue weighted by molar-refractivity contribution is 7.22. The minimum Gasteiger partial charge on any atom is -0.453 e. The van der Waals surface area contributed by atoms with E-state index in [9.17, 15) is 9.59 Å². The van der Waals surface area contributed by atoms with E-state index in [4.69, 9.17) is 4.74 Å². The Morgan fingerprint density at radius 2 is 1.52 bits per heavy atom. The Morgan fingerprint density at radius 1 is 0.818 bits per heavy atom. The number of rotatable bonds is 11. The number of likely N-dealkylation sites (N-methyl/N-ethyl adjacent to an activating group) is 1. The predicted molar refractivity (Wildman–Crippen MR) is 173 cm³/mol. The van der Waals surface area contributed by atoms with Gasteiger partial charge in [-0.15, -0.1) is 11.3 Å². The fourth-order valence-corrected chi connectivity index (χ4v) is 6.50. The number of aromatic nitrogens is 1. The minimum absolute atomic E-state index is 0.0142. The van der Waals surface area contributed by atoms with Gasteiger partial charge in [0.1, 0.15) is 17.3 Å². The van der Waals surface area contributed by atoms with Crippen LogP contribution in [0.25, 0.3) is 20.7 Å². The molecular formula is C36H34FN3O3S. The first-order valence-electron chi connectivity index (χ1n) is 14.8. The first kappa shape index (κ1) is 29.8. The van der Waals surface area contributed by atoms with Crippen molar-refractivity contribution < 1.29 is 18.7 Å². The number of carbonyl (C=O) groups is 2. The van der Waals surface area contributed by atoms with Crippen molar-refractivity contribution in [1.29, 1.82) is 0 Å². The van der Waals surface area contributed by atoms with Crippen molar-refractivity contribution in [2.45, 2.75) is 25.8 Å². The molecule has 1 aliphatic rings. The highest BCUT2D eigenvalue weighted by Crippen LogP contribution is 2.39. The number of Topliss-reactive ketones (excluding diaryl/α,β-unsaturated/α-hetero) is 2. The van der Waals surface area contributed by atoms with Crippen LogP contribution >= 0.6 is 11.3 Å². The van der Waals surface area contributed by atoms with Crippen molar-refractivity contribution in [2.75, 3.05) is 33.2 Å². The molecule has 0 amide bonds. The number of halogens is 1. The Balaban J connectivity index is 1.09.